The summed E-state index contributed by atoms with van der Waals surface area (Å²) in [6, 6.07) is 0.701. The van der Waals surface area contributed by atoms with Crippen LogP contribution in [-0.4, -0.2) is 4.92 Å². The van der Waals surface area contributed by atoms with Crippen molar-refractivity contribution in [3.8, 4) is 0 Å². The number of rotatable bonds is 1. The van der Waals surface area contributed by atoms with Crippen molar-refractivity contribution >= 4 is 5.69 Å². The second-order valence-corrected chi connectivity index (χ2v) is 2.85. The van der Waals surface area contributed by atoms with E-state index in [0.29, 0.717) is 6.07 Å². The lowest BCUT2D eigenvalue weighted by Crippen LogP contribution is -2.09. The average Bonchev–Trinajstić information content (AvgIpc) is 2.06. The topological polar surface area (TPSA) is 43.1 Å². The van der Waals surface area contributed by atoms with Crippen molar-refractivity contribution in [2.45, 2.75) is 13.1 Å². The van der Waals surface area contributed by atoms with Gasteiger partial charge in [-0.15, -0.1) is 0 Å². The summed E-state index contributed by atoms with van der Waals surface area (Å²) in [5.41, 5.74) is -2.79. The number of nitrogens with zero attached hydrogens (tertiary/aromatic N) is 1. The van der Waals surface area contributed by atoms with Crippen molar-refractivity contribution in [2.75, 3.05) is 0 Å². The molecule has 15 heavy (non-hydrogen) atoms. The third kappa shape index (κ3) is 2.23. The van der Waals surface area contributed by atoms with Crippen LogP contribution in [0.1, 0.15) is 11.1 Å². The number of benzene rings is 1. The molecule has 0 amide bonds. The molecule has 0 saturated carbocycles. The molecule has 0 N–H and O–H groups in total. The van der Waals surface area contributed by atoms with Crippen LogP contribution in [0.15, 0.2) is 12.1 Å². The highest BCUT2D eigenvalue weighted by molar-refractivity contribution is 5.46. The number of hydrogen-bond donors (Lipinski definition) is 0. The first kappa shape index (κ1) is 11.4. The van der Waals surface area contributed by atoms with Crippen molar-refractivity contribution < 1.29 is 22.5 Å². The van der Waals surface area contributed by atoms with Crippen LogP contribution in [0.3, 0.4) is 0 Å². The van der Waals surface area contributed by atoms with Crippen molar-refractivity contribution in [1.29, 1.82) is 0 Å². The predicted molar refractivity (Wildman–Crippen MR) is 42.8 cm³/mol. The second-order valence-electron chi connectivity index (χ2n) is 2.85. The van der Waals surface area contributed by atoms with Crippen molar-refractivity contribution in [3.05, 3.63) is 39.2 Å². The van der Waals surface area contributed by atoms with Crippen molar-refractivity contribution in [2.24, 2.45) is 0 Å². The molecule has 1 rings (SSSR count). The lowest BCUT2D eigenvalue weighted by atomic mass is 10.1. The third-order valence-electron chi connectivity index (χ3n) is 1.85. The molecule has 7 heteroatoms. The zero-order valence-electron chi connectivity index (χ0n) is 7.43. The molecule has 0 unspecified atom stereocenters. The Morgan fingerprint density at radius 3 is 2.27 bits per heavy atom. The molecule has 0 radical (unpaired) electrons. The fourth-order valence-corrected chi connectivity index (χ4v) is 1.15. The average molecular weight is 223 g/mol. The van der Waals surface area contributed by atoms with Crippen LogP contribution >= 0.6 is 0 Å². The molecule has 0 atom stereocenters. The summed E-state index contributed by atoms with van der Waals surface area (Å²) in [6.07, 6.45) is -4.79. The van der Waals surface area contributed by atoms with E-state index in [-0.39, 0.29) is 6.07 Å². The van der Waals surface area contributed by atoms with Gasteiger partial charge in [0.25, 0.3) is 5.69 Å². The van der Waals surface area contributed by atoms with E-state index in [4.69, 9.17) is 0 Å². The standard InChI is InChI=1S/C8H5F4NO2/c1-4-6(8(10,11)12)2-5(9)3-7(4)13(14)15/h2-3H,1H3. The summed E-state index contributed by atoms with van der Waals surface area (Å²) in [6.45, 7) is 0.931. The zero-order chi connectivity index (χ0) is 11.8. The van der Waals surface area contributed by atoms with Crippen LogP contribution in [-0.2, 0) is 6.18 Å². The quantitative estimate of drug-likeness (QED) is 0.417. The number of nitro benzene ring substituents is 1. The van der Waals surface area contributed by atoms with E-state index in [1.807, 2.05) is 0 Å². The molecule has 0 aliphatic heterocycles. The SMILES string of the molecule is Cc1c([N+](=O)[O-])cc(F)cc1C(F)(F)F. The largest absolute Gasteiger partial charge is 0.417 e. The highest BCUT2D eigenvalue weighted by Gasteiger charge is 2.35. The fraction of sp³-hybridized carbons (Fsp3) is 0.250. The maximum Gasteiger partial charge on any atom is 0.417 e. The van der Waals surface area contributed by atoms with Crippen molar-refractivity contribution in [1.82, 2.24) is 0 Å². The zero-order valence-corrected chi connectivity index (χ0v) is 7.43. The van der Waals surface area contributed by atoms with Gasteiger partial charge < -0.3 is 0 Å². The molecule has 1 aromatic carbocycles. The molecule has 0 spiro atoms. The van der Waals surface area contributed by atoms with Gasteiger partial charge in [0.05, 0.1) is 16.6 Å². The normalized spacial score (nSPS) is 11.5. The first-order chi connectivity index (χ1) is 6.73. The fourth-order valence-electron chi connectivity index (χ4n) is 1.15. The lowest BCUT2D eigenvalue weighted by molar-refractivity contribution is -0.385. The smallest absolute Gasteiger partial charge is 0.258 e. The Morgan fingerprint density at radius 2 is 1.87 bits per heavy atom. The van der Waals surface area contributed by atoms with E-state index in [0.717, 1.165) is 6.92 Å². The van der Waals surface area contributed by atoms with Crippen LogP contribution in [0, 0.1) is 22.9 Å². The Morgan fingerprint density at radius 1 is 1.33 bits per heavy atom. The monoisotopic (exact) mass is 223 g/mol. The minimum atomic E-state index is -4.79. The van der Waals surface area contributed by atoms with Gasteiger partial charge in [0.1, 0.15) is 5.82 Å². The Bertz CT molecular complexity index is 414. The molecule has 0 fully saturated rings. The molecule has 1 aromatic rings. The number of nitro groups is 1. The third-order valence-corrected chi connectivity index (χ3v) is 1.85. The molecular weight excluding hydrogens is 218 g/mol. The highest BCUT2D eigenvalue weighted by atomic mass is 19.4. The summed E-state index contributed by atoms with van der Waals surface area (Å²) in [5, 5.41) is 10.3. The first-order valence-electron chi connectivity index (χ1n) is 3.75. The molecule has 3 nitrogen and oxygen atoms in total. The molecule has 0 aliphatic rings. The molecule has 0 aliphatic carbocycles. The van der Waals surface area contributed by atoms with E-state index >= 15 is 0 Å². The molecule has 0 heterocycles. The summed E-state index contributed by atoms with van der Waals surface area (Å²) in [4.78, 5) is 9.28. The summed E-state index contributed by atoms with van der Waals surface area (Å²) in [5.74, 6) is -1.28. The minimum absolute atomic E-state index is 0.238. The van der Waals surface area contributed by atoms with Gasteiger partial charge in [0.2, 0.25) is 0 Å². The van der Waals surface area contributed by atoms with Gasteiger partial charge in [0.15, 0.2) is 0 Å². The van der Waals surface area contributed by atoms with Gasteiger partial charge in [0, 0.05) is 5.56 Å². The van der Waals surface area contributed by atoms with Crippen LogP contribution in [0.2, 0.25) is 0 Å². The number of halogens is 4. The van der Waals surface area contributed by atoms with Gasteiger partial charge in [-0.2, -0.15) is 13.2 Å². The minimum Gasteiger partial charge on any atom is -0.258 e. The summed E-state index contributed by atoms with van der Waals surface area (Å²) in [7, 11) is 0. The molecule has 0 aromatic heterocycles. The summed E-state index contributed by atoms with van der Waals surface area (Å²) < 4.78 is 49.5. The van der Waals surface area contributed by atoms with Gasteiger partial charge in [-0.25, -0.2) is 4.39 Å². The first-order valence-corrected chi connectivity index (χ1v) is 3.75. The van der Waals surface area contributed by atoms with E-state index < -0.39 is 33.7 Å². The van der Waals surface area contributed by atoms with Crippen molar-refractivity contribution in [3.63, 3.8) is 0 Å². The Balaban J connectivity index is 3.49. The maximum absolute atomic E-state index is 12.7. The van der Waals surface area contributed by atoms with E-state index in [9.17, 15) is 27.7 Å². The Labute approximate surface area is 81.5 Å². The molecule has 0 bridgehead atoms. The van der Waals surface area contributed by atoms with Gasteiger partial charge in [-0.1, -0.05) is 0 Å². The van der Waals surface area contributed by atoms with Crippen LogP contribution in [0.5, 0.6) is 0 Å². The van der Waals surface area contributed by atoms with Crippen LogP contribution in [0.4, 0.5) is 23.2 Å². The number of alkyl halides is 3. The highest BCUT2D eigenvalue weighted by Crippen LogP contribution is 2.35. The lowest BCUT2D eigenvalue weighted by Gasteiger charge is -2.09. The van der Waals surface area contributed by atoms with E-state index in [2.05, 4.69) is 0 Å². The maximum atomic E-state index is 12.7. The number of hydrogen-bond acceptors (Lipinski definition) is 2. The predicted octanol–water partition coefficient (Wildman–Crippen LogP) is 3.06. The van der Waals surface area contributed by atoms with Crippen LogP contribution < -0.4 is 0 Å². The van der Waals surface area contributed by atoms with E-state index in [1.165, 1.54) is 0 Å². The summed E-state index contributed by atoms with van der Waals surface area (Å²) >= 11 is 0. The molecule has 82 valence electrons. The van der Waals surface area contributed by atoms with Crippen LogP contribution in [0.25, 0.3) is 0 Å². The van der Waals surface area contributed by atoms with E-state index in [1.54, 1.807) is 0 Å². The second kappa shape index (κ2) is 3.48. The van der Waals surface area contributed by atoms with Gasteiger partial charge in [-0.3, -0.25) is 10.1 Å². The van der Waals surface area contributed by atoms with Gasteiger partial charge in [-0.05, 0) is 13.0 Å². The molecular formula is C8H5F4NO2. The van der Waals surface area contributed by atoms with Gasteiger partial charge >= 0.3 is 6.18 Å². The Hall–Kier alpha value is -1.66. The molecule has 0 saturated heterocycles. The Kier molecular flexibility index (Phi) is 2.65.